The molecule has 0 spiro atoms. The van der Waals surface area contributed by atoms with Gasteiger partial charge in [-0.05, 0) is 150 Å². The Kier molecular flexibility index (Phi) is 8.90. The van der Waals surface area contributed by atoms with E-state index < -0.39 is 0 Å². The Morgan fingerprint density at radius 2 is 0.824 bits per heavy atom. The van der Waals surface area contributed by atoms with Gasteiger partial charge in [0.25, 0.3) is 0 Å². The first-order chi connectivity index (χ1) is 36.7. The van der Waals surface area contributed by atoms with Gasteiger partial charge in [0.1, 0.15) is 0 Å². The van der Waals surface area contributed by atoms with E-state index in [-0.39, 0.29) is 0 Å². The fraction of sp³-hybridized carbons (Fsp3) is 0.0278. The van der Waals surface area contributed by atoms with E-state index in [1.807, 2.05) is 0 Å². The molecular formula is C72H44N2. The first-order valence-corrected chi connectivity index (χ1v) is 25.8. The number of benzene rings is 14. The molecule has 0 saturated carbocycles. The monoisotopic (exact) mass is 936 g/mol. The Morgan fingerprint density at radius 1 is 0.297 bits per heavy atom. The maximum absolute atomic E-state index is 5.73. The zero-order chi connectivity index (χ0) is 48.4. The topological polar surface area (TPSA) is 25.8 Å². The first kappa shape index (κ1) is 41.2. The molecule has 0 aliphatic heterocycles. The SMILES string of the molecule is C1=c2ccccc2=C(c2ccc(-c3nc(-c4ccc(-c5cccc6ccccc56)cc4)nc4c(-c5ccc6ccc7cccc8ccc5c6c78)cc(-c5ccc6ccc7cccc8ccc5c6c78)cc34)cc2)CC1. The molecule has 342 valence electrons. The predicted octanol–water partition coefficient (Wildman–Crippen LogP) is 17.7. The van der Waals surface area contributed by atoms with Crippen LogP contribution < -0.4 is 10.4 Å². The second kappa shape index (κ2) is 16.0. The second-order valence-corrected chi connectivity index (χ2v) is 20.2. The van der Waals surface area contributed by atoms with Gasteiger partial charge in [-0.25, -0.2) is 9.97 Å². The lowest BCUT2D eigenvalue weighted by atomic mass is 9.86. The molecule has 0 N–H and O–H groups in total. The molecule has 74 heavy (non-hydrogen) atoms. The lowest BCUT2D eigenvalue weighted by Gasteiger charge is -2.19. The van der Waals surface area contributed by atoms with Crippen LogP contribution in [0, 0.1) is 0 Å². The van der Waals surface area contributed by atoms with Crippen molar-refractivity contribution in [3.63, 3.8) is 0 Å². The zero-order valence-corrected chi connectivity index (χ0v) is 40.4. The van der Waals surface area contributed by atoms with Gasteiger partial charge in [0.2, 0.25) is 0 Å². The van der Waals surface area contributed by atoms with Crippen molar-refractivity contribution in [2.75, 3.05) is 0 Å². The maximum atomic E-state index is 5.73. The van der Waals surface area contributed by atoms with E-state index in [0.29, 0.717) is 5.82 Å². The number of aromatic nitrogens is 2. The van der Waals surface area contributed by atoms with Gasteiger partial charge in [-0.3, -0.25) is 0 Å². The van der Waals surface area contributed by atoms with Crippen molar-refractivity contribution in [1.82, 2.24) is 9.97 Å². The van der Waals surface area contributed by atoms with Crippen molar-refractivity contribution in [1.29, 1.82) is 0 Å². The summed E-state index contributed by atoms with van der Waals surface area (Å²) in [7, 11) is 0. The Hall–Kier alpha value is -9.50. The number of hydrogen-bond donors (Lipinski definition) is 0. The van der Waals surface area contributed by atoms with Gasteiger partial charge in [0.15, 0.2) is 5.82 Å². The Bertz CT molecular complexity index is 4890. The van der Waals surface area contributed by atoms with Crippen molar-refractivity contribution < 1.29 is 0 Å². The van der Waals surface area contributed by atoms with Crippen LogP contribution in [0.15, 0.2) is 237 Å². The van der Waals surface area contributed by atoms with E-state index >= 15 is 0 Å². The fourth-order valence-corrected chi connectivity index (χ4v) is 12.8. The second-order valence-electron chi connectivity index (χ2n) is 20.2. The Labute approximate surface area is 427 Å². The molecule has 16 rings (SSSR count). The van der Waals surface area contributed by atoms with Crippen molar-refractivity contribution in [2.24, 2.45) is 0 Å². The minimum Gasteiger partial charge on any atom is -0.227 e. The summed E-state index contributed by atoms with van der Waals surface area (Å²) in [5.41, 5.74) is 13.4. The van der Waals surface area contributed by atoms with Crippen LogP contribution in [0.2, 0.25) is 0 Å². The molecule has 0 saturated heterocycles. The lowest BCUT2D eigenvalue weighted by Crippen LogP contribution is -2.29. The number of rotatable bonds is 6. The van der Waals surface area contributed by atoms with E-state index in [0.717, 1.165) is 62.8 Å². The molecular weight excluding hydrogens is 893 g/mol. The summed E-state index contributed by atoms with van der Waals surface area (Å²) in [5, 5.41) is 21.3. The smallest absolute Gasteiger partial charge is 0.160 e. The van der Waals surface area contributed by atoms with Crippen LogP contribution in [0.1, 0.15) is 18.4 Å². The van der Waals surface area contributed by atoms with Gasteiger partial charge in [0.05, 0.1) is 11.2 Å². The summed E-state index contributed by atoms with van der Waals surface area (Å²) in [4.78, 5) is 11.4. The molecule has 1 aromatic heterocycles. The molecule has 14 aromatic carbocycles. The first-order valence-electron chi connectivity index (χ1n) is 25.8. The quantitative estimate of drug-likeness (QED) is 0.155. The van der Waals surface area contributed by atoms with Crippen LogP contribution in [-0.4, -0.2) is 9.97 Å². The average molecular weight is 937 g/mol. The Balaban J connectivity index is 0.986. The van der Waals surface area contributed by atoms with Crippen LogP contribution in [0.4, 0.5) is 0 Å². The molecule has 0 amide bonds. The predicted molar refractivity (Wildman–Crippen MR) is 314 cm³/mol. The third kappa shape index (κ3) is 6.25. The summed E-state index contributed by atoms with van der Waals surface area (Å²) in [6, 6.07) is 87.8. The summed E-state index contributed by atoms with van der Waals surface area (Å²) in [6.07, 6.45) is 4.41. The number of fused-ring (bicyclic) bond motifs is 3. The minimum atomic E-state index is 0.696. The van der Waals surface area contributed by atoms with Gasteiger partial charge in [-0.2, -0.15) is 0 Å². The fourth-order valence-electron chi connectivity index (χ4n) is 12.8. The van der Waals surface area contributed by atoms with E-state index in [1.54, 1.807) is 0 Å². The highest BCUT2D eigenvalue weighted by molar-refractivity contribution is 6.28. The van der Waals surface area contributed by atoms with Gasteiger partial charge < -0.3 is 0 Å². The van der Waals surface area contributed by atoms with Gasteiger partial charge in [-0.1, -0.05) is 231 Å². The summed E-state index contributed by atoms with van der Waals surface area (Å²) in [5.74, 6) is 0.696. The minimum absolute atomic E-state index is 0.696. The molecule has 15 aromatic rings. The highest BCUT2D eigenvalue weighted by atomic mass is 14.9. The average Bonchev–Trinajstić information content (AvgIpc) is 3.48. The maximum Gasteiger partial charge on any atom is 0.160 e. The van der Waals surface area contributed by atoms with Crippen LogP contribution in [0.3, 0.4) is 0 Å². The van der Waals surface area contributed by atoms with E-state index in [4.69, 9.17) is 9.97 Å². The molecule has 0 bridgehead atoms. The normalized spacial score (nSPS) is 12.8. The van der Waals surface area contributed by atoms with Crippen molar-refractivity contribution >= 4 is 98.0 Å². The molecule has 2 nitrogen and oxygen atoms in total. The molecule has 0 radical (unpaired) electrons. The van der Waals surface area contributed by atoms with E-state index in [2.05, 4.69) is 243 Å². The molecule has 2 heteroatoms. The summed E-state index contributed by atoms with van der Waals surface area (Å²) >= 11 is 0. The third-order valence-electron chi connectivity index (χ3n) is 16.3. The Morgan fingerprint density at radius 3 is 1.55 bits per heavy atom. The van der Waals surface area contributed by atoms with Gasteiger partial charge >= 0.3 is 0 Å². The summed E-state index contributed by atoms with van der Waals surface area (Å²) < 4.78 is 0. The van der Waals surface area contributed by atoms with Gasteiger partial charge in [0, 0.05) is 22.1 Å². The highest BCUT2D eigenvalue weighted by Crippen LogP contribution is 2.46. The summed E-state index contributed by atoms with van der Waals surface area (Å²) in [6.45, 7) is 0. The van der Waals surface area contributed by atoms with Crippen LogP contribution >= 0.6 is 0 Å². The number of hydrogen-bond acceptors (Lipinski definition) is 2. The van der Waals surface area contributed by atoms with Crippen LogP contribution in [0.5, 0.6) is 0 Å². The standard InChI is InChI=1S/C72H44N2/c1-3-17-56-43(9-1)11-7-19-58(56)45-21-29-53(30-22-45)70-65-42-55(60-37-33-51-27-25-47-13-5-15-49-35-39-62(60)68(51)66(47)49)41-64(61-38-34-52-28-26-48-14-6-16-50-36-40-63(61)69(52)67(48)50)71(65)74-72(73-70)54-31-23-46(24-32-54)59-20-8-12-44-10-2-4-18-57(44)59/h1-6,8-18,20-42H,7,19H2. The van der Waals surface area contributed by atoms with Crippen LogP contribution in [0.25, 0.3) is 154 Å². The molecule has 1 heterocycles. The lowest BCUT2D eigenvalue weighted by molar-refractivity contribution is 1.08. The molecule has 0 unspecified atom stereocenters. The van der Waals surface area contributed by atoms with Gasteiger partial charge in [-0.15, -0.1) is 0 Å². The van der Waals surface area contributed by atoms with Crippen molar-refractivity contribution in [2.45, 2.75) is 12.8 Å². The van der Waals surface area contributed by atoms with E-state index in [1.165, 1.54) is 108 Å². The molecule has 0 fully saturated rings. The molecule has 0 atom stereocenters. The molecule has 1 aliphatic carbocycles. The van der Waals surface area contributed by atoms with E-state index in [9.17, 15) is 0 Å². The largest absolute Gasteiger partial charge is 0.227 e. The highest BCUT2D eigenvalue weighted by Gasteiger charge is 2.22. The third-order valence-corrected chi connectivity index (χ3v) is 16.3. The number of nitrogens with zero attached hydrogens (tertiary/aromatic N) is 2. The van der Waals surface area contributed by atoms with Crippen LogP contribution in [-0.2, 0) is 0 Å². The van der Waals surface area contributed by atoms with Crippen molar-refractivity contribution in [3.8, 4) is 56.0 Å². The zero-order valence-electron chi connectivity index (χ0n) is 40.4. The molecule has 1 aliphatic rings. The van der Waals surface area contributed by atoms with Crippen molar-refractivity contribution in [3.05, 3.63) is 253 Å².